The number of carbonyl (C=O) groups is 1. The first-order valence-corrected chi connectivity index (χ1v) is 5.53. The molecule has 5 heteroatoms. The van der Waals surface area contributed by atoms with Crippen molar-refractivity contribution in [1.82, 2.24) is 9.55 Å². The molecule has 0 unspecified atom stereocenters. The summed E-state index contributed by atoms with van der Waals surface area (Å²) in [6, 6.07) is 9.74. The van der Waals surface area contributed by atoms with Crippen LogP contribution in [0, 0.1) is 4.77 Å². The first kappa shape index (κ1) is 11.6. The van der Waals surface area contributed by atoms with Crippen LogP contribution in [0.2, 0.25) is 0 Å². The molecule has 88 valence electrons. The summed E-state index contributed by atoms with van der Waals surface area (Å²) < 4.78 is 6.88. The highest BCUT2D eigenvalue weighted by atomic mass is 32.1. The van der Waals surface area contributed by atoms with Crippen molar-refractivity contribution >= 4 is 18.2 Å². The first-order valence-electron chi connectivity index (χ1n) is 5.13. The molecule has 0 spiro atoms. The number of methoxy groups -OCH3 is 1. The molecule has 1 N–H and O–H groups in total. The molecule has 0 amide bonds. The number of esters is 1. The van der Waals surface area contributed by atoms with Gasteiger partial charge in [0.15, 0.2) is 4.77 Å². The number of carbonyl (C=O) groups excluding carboxylic acids is 1. The highest BCUT2D eigenvalue weighted by molar-refractivity contribution is 7.71. The molecule has 0 saturated heterocycles. The lowest BCUT2D eigenvalue weighted by Gasteiger charge is -2.06. The van der Waals surface area contributed by atoms with E-state index in [0.717, 1.165) is 11.3 Å². The van der Waals surface area contributed by atoms with E-state index in [1.54, 1.807) is 10.8 Å². The van der Waals surface area contributed by atoms with Crippen molar-refractivity contribution < 1.29 is 9.53 Å². The Morgan fingerprint density at radius 1 is 1.41 bits per heavy atom. The number of hydrogen-bond acceptors (Lipinski definition) is 3. The monoisotopic (exact) mass is 248 g/mol. The average molecular weight is 248 g/mol. The van der Waals surface area contributed by atoms with Crippen molar-refractivity contribution in [2.45, 2.75) is 6.54 Å². The van der Waals surface area contributed by atoms with Gasteiger partial charge in [-0.3, -0.25) is 4.79 Å². The van der Waals surface area contributed by atoms with Crippen LogP contribution in [0.1, 0.15) is 0 Å². The predicted octanol–water partition coefficient (Wildman–Crippen LogP) is 2.39. The maximum Gasteiger partial charge on any atom is 0.325 e. The van der Waals surface area contributed by atoms with E-state index < -0.39 is 0 Å². The maximum absolute atomic E-state index is 11.3. The summed E-state index contributed by atoms with van der Waals surface area (Å²) in [5.41, 5.74) is 1.88. The van der Waals surface area contributed by atoms with E-state index in [1.165, 1.54) is 7.11 Å². The number of H-pyrrole nitrogens is 1. The van der Waals surface area contributed by atoms with Gasteiger partial charge in [-0.2, -0.15) is 0 Å². The molecule has 0 saturated carbocycles. The van der Waals surface area contributed by atoms with E-state index in [2.05, 4.69) is 9.72 Å². The molecule has 0 radical (unpaired) electrons. The lowest BCUT2D eigenvalue weighted by molar-refractivity contribution is -0.141. The zero-order chi connectivity index (χ0) is 12.3. The molecule has 0 aliphatic rings. The number of aromatic amines is 1. The van der Waals surface area contributed by atoms with Gasteiger partial charge in [-0.1, -0.05) is 30.3 Å². The number of aromatic nitrogens is 2. The number of imidazole rings is 1. The molecule has 0 atom stereocenters. The minimum Gasteiger partial charge on any atom is -0.468 e. The van der Waals surface area contributed by atoms with Crippen LogP contribution in [0.15, 0.2) is 36.5 Å². The summed E-state index contributed by atoms with van der Waals surface area (Å²) in [5, 5.41) is 0. The second kappa shape index (κ2) is 4.97. The molecule has 4 nitrogen and oxygen atoms in total. The Hall–Kier alpha value is -1.88. The van der Waals surface area contributed by atoms with Gasteiger partial charge in [-0.15, -0.1) is 0 Å². The van der Waals surface area contributed by atoms with Crippen molar-refractivity contribution in [2.75, 3.05) is 7.11 Å². The summed E-state index contributed by atoms with van der Waals surface area (Å²) in [4.78, 5) is 14.2. The smallest absolute Gasteiger partial charge is 0.325 e. The third-order valence-corrected chi connectivity index (χ3v) is 2.79. The second-order valence-electron chi connectivity index (χ2n) is 3.51. The molecule has 1 heterocycles. The molecular formula is C12H12N2O2S. The van der Waals surface area contributed by atoms with Gasteiger partial charge in [0.05, 0.1) is 12.8 Å². The van der Waals surface area contributed by atoms with Crippen molar-refractivity contribution in [1.29, 1.82) is 0 Å². The van der Waals surface area contributed by atoms with Gasteiger partial charge in [-0.25, -0.2) is 0 Å². The fourth-order valence-electron chi connectivity index (χ4n) is 1.59. The fraction of sp³-hybridized carbons (Fsp3) is 0.167. The van der Waals surface area contributed by atoms with Crippen LogP contribution >= 0.6 is 12.2 Å². The van der Waals surface area contributed by atoms with E-state index in [-0.39, 0.29) is 12.5 Å². The van der Waals surface area contributed by atoms with Crippen LogP contribution in [-0.2, 0) is 16.1 Å². The number of nitrogens with zero attached hydrogens (tertiary/aromatic N) is 1. The van der Waals surface area contributed by atoms with Crippen LogP contribution in [0.4, 0.5) is 0 Å². The van der Waals surface area contributed by atoms with Crippen LogP contribution < -0.4 is 0 Å². The number of ether oxygens (including phenoxy) is 1. The maximum atomic E-state index is 11.3. The molecule has 1 aromatic heterocycles. The number of hydrogen-bond donors (Lipinski definition) is 1. The van der Waals surface area contributed by atoms with Gasteiger partial charge in [0.25, 0.3) is 0 Å². The molecular weight excluding hydrogens is 236 g/mol. The quantitative estimate of drug-likeness (QED) is 0.670. The minimum absolute atomic E-state index is 0.114. The fourth-order valence-corrected chi connectivity index (χ4v) is 1.82. The van der Waals surface area contributed by atoms with Crippen LogP contribution in [-0.4, -0.2) is 22.6 Å². The zero-order valence-corrected chi connectivity index (χ0v) is 10.2. The predicted molar refractivity (Wildman–Crippen MR) is 67.1 cm³/mol. The van der Waals surface area contributed by atoms with Crippen molar-refractivity contribution in [2.24, 2.45) is 0 Å². The van der Waals surface area contributed by atoms with E-state index in [9.17, 15) is 4.79 Å². The van der Waals surface area contributed by atoms with E-state index in [1.807, 2.05) is 30.3 Å². The Morgan fingerprint density at radius 2 is 2.12 bits per heavy atom. The Bertz CT molecular complexity index is 572. The Balaban J connectivity index is 2.43. The van der Waals surface area contributed by atoms with Crippen LogP contribution in [0.5, 0.6) is 0 Å². The molecule has 1 aromatic carbocycles. The highest BCUT2D eigenvalue weighted by Crippen LogP contribution is 2.19. The number of benzene rings is 1. The standard InChI is InChI=1S/C12H12N2O2S/c1-16-11(15)8-14-10(7-13-12(14)17)9-5-3-2-4-6-9/h2-7H,8H2,1H3,(H,13,17). The molecule has 0 aliphatic carbocycles. The summed E-state index contributed by atoms with van der Waals surface area (Å²) in [6.07, 6.45) is 1.79. The summed E-state index contributed by atoms with van der Waals surface area (Å²) in [6.45, 7) is 0.114. The van der Waals surface area contributed by atoms with Gasteiger partial charge in [0, 0.05) is 6.20 Å². The summed E-state index contributed by atoms with van der Waals surface area (Å²) >= 11 is 5.14. The first-order chi connectivity index (χ1) is 8.22. The number of nitrogens with one attached hydrogen (secondary N) is 1. The molecule has 17 heavy (non-hydrogen) atoms. The normalized spacial score (nSPS) is 10.2. The lowest BCUT2D eigenvalue weighted by atomic mass is 10.2. The molecule has 0 fully saturated rings. The molecule has 0 bridgehead atoms. The van der Waals surface area contributed by atoms with E-state index in [0.29, 0.717) is 4.77 Å². The lowest BCUT2D eigenvalue weighted by Crippen LogP contribution is -2.12. The third kappa shape index (κ3) is 2.45. The zero-order valence-electron chi connectivity index (χ0n) is 9.34. The molecule has 2 aromatic rings. The third-order valence-electron chi connectivity index (χ3n) is 2.45. The average Bonchev–Trinajstić information content (AvgIpc) is 2.72. The molecule has 2 rings (SSSR count). The Labute approximate surface area is 104 Å². The molecule has 0 aliphatic heterocycles. The van der Waals surface area contributed by atoms with Gasteiger partial charge < -0.3 is 14.3 Å². The van der Waals surface area contributed by atoms with Crippen LogP contribution in [0.25, 0.3) is 11.3 Å². The highest BCUT2D eigenvalue weighted by Gasteiger charge is 2.10. The SMILES string of the molecule is COC(=O)Cn1c(-c2ccccc2)c[nH]c1=S. The van der Waals surface area contributed by atoms with E-state index in [4.69, 9.17) is 12.2 Å². The Kier molecular flexibility index (Phi) is 3.39. The van der Waals surface area contributed by atoms with Crippen molar-refractivity contribution in [3.05, 3.63) is 41.3 Å². The van der Waals surface area contributed by atoms with Gasteiger partial charge in [0.2, 0.25) is 0 Å². The van der Waals surface area contributed by atoms with E-state index >= 15 is 0 Å². The van der Waals surface area contributed by atoms with Gasteiger partial charge in [-0.05, 0) is 17.8 Å². The van der Waals surface area contributed by atoms with Gasteiger partial charge >= 0.3 is 5.97 Å². The second-order valence-corrected chi connectivity index (χ2v) is 3.89. The van der Waals surface area contributed by atoms with Crippen LogP contribution in [0.3, 0.4) is 0 Å². The van der Waals surface area contributed by atoms with Crippen molar-refractivity contribution in [3.63, 3.8) is 0 Å². The van der Waals surface area contributed by atoms with Gasteiger partial charge in [0.1, 0.15) is 6.54 Å². The number of rotatable bonds is 3. The summed E-state index contributed by atoms with van der Waals surface area (Å²) in [7, 11) is 1.36. The Morgan fingerprint density at radius 3 is 2.76 bits per heavy atom. The minimum atomic E-state index is -0.321. The van der Waals surface area contributed by atoms with Crippen molar-refractivity contribution in [3.8, 4) is 11.3 Å². The topological polar surface area (TPSA) is 47.0 Å². The largest absolute Gasteiger partial charge is 0.468 e. The summed E-state index contributed by atoms with van der Waals surface area (Å²) in [5.74, 6) is -0.321.